The van der Waals surface area contributed by atoms with Gasteiger partial charge in [0.2, 0.25) is 0 Å². The molecular formula is C14H29N. The lowest BCUT2D eigenvalue weighted by atomic mass is 9.76. The van der Waals surface area contributed by atoms with E-state index in [4.69, 9.17) is 0 Å². The molecule has 0 heterocycles. The second-order valence-electron chi connectivity index (χ2n) is 5.54. The van der Waals surface area contributed by atoms with Crippen molar-refractivity contribution < 1.29 is 0 Å². The highest BCUT2D eigenvalue weighted by Crippen LogP contribution is 2.34. The molecule has 1 heteroatoms. The number of hydrogen-bond acceptors (Lipinski definition) is 1. The third-order valence-electron chi connectivity index (χ3n) is 4.07. The van der Waals surface area contributed by atoms with Gasteiger partial charge in [-0.1, -0.05) is 33.6 Å². The minimum Gasteiger partial charge on any atom is -0.317 e. The molecule has 0 aromatic rings. The first-order valence-corrected chi connectivity index (χ1v) is 6.94. The van der Waals surface area contributed by atoms with E-state index >= 15 is 0 Å². The molecule has 0 radical (unpaired) electrons. The minimum atomic E-state index is 0.932. The Labute approximate surface area is 96.0 Å². The van der Waals surface area contributed by atoms with E-state index in [1.165, 1.54) is 51.6 Å². The third kappa shape index (κ3) is 5.01. The minimum absolute atomic E-state index is 0.932. The van der Waals surface area contributed by atoms with E-state index in [-0.39, 0.29) is 0 Å². The summed E-state index contributed by atoms with van der Waals surface area (Å²) in [5, 5.41) is 3.51. The van der Waals surface area contributed by atoms with Crippen molar-refractivity contribution in [3.05, 3.63) is 0 Å². The molecule has 15 heavy (non-hydrogen) atoms. The predicted octanol–water partition coefficient (Wildman–Crippen LogP) is 3.84. The molecule has 0 spiro atoms. The quantitative estimate of drug-likeness (QED) is 0.658. The van der Waals surface area contributed by atoms with Crippen LogP contribution in [0.5, 0.6) is 0 Å². The van der Waals surface area contributed by atoms with Gasteiger partial charge in [0.15, 0.2) is 0 Å². The zero-order valence-corrected chi connectivity index (χ0v) is 10.9. The molecule has 1 saturated carbocycles. The van der Waals surface area contributed by atoms with Crippen molar-refractivity contribution in [2.24, 2.45) is 17.8 Å². The van der Waals surface area contributed by atoms with Gasteiger partial charge in [-0.2, -0.15) is 0 Å². The molecule has 1 fully saturated rings. The first-order valence-electron chi connectivity index (χ1n) is 6.94. The molecule has 1 aliphatic rings. The van der Waals surface area contributed by atoms with Crippen molar-refractivity contribution in [3.8, 4) is 0 Å². The van der Waals surface area contributed by atoms with E-state index in [2.05, 4.69) is 26.1 Å². The normalized spacial score (nSPS) is 29.0. The maximum Gasteiger partial charge on any atom is -0.00463 e. The predicted molar refractivity (Wildman–Crippen MR) is 68.1 cm³/mol. The smallest absolute Gasteiger partial charge is 0.00463 e. The maximum atomic E-state index is 3.51. The Morgan fingerprint density at radius 1 is 1.13 bits per heavy atom. The Morgan fingerprint density at radius 2 is 1.80 bits per heavy atom. The van der Waals surface area contributed by atoms with Crippen LogP contribution in [0.25, 0.3) is 0 Å². The molecule has 1 aliphatic carbocycles. The largest absolute Gasteiger partial charge is 0.317 e. The van der Waals surface area contributed by atoms with E-state index in [1.54, 1.807) is 0 Å². The Balaban J connectivity index is 2.08. The number of nitrogens with one attached hydrogen (secondary N) is 1. The summed E-state index contributed by atoms with van der Waals surface area (Å²) in [5.41, 5.74) is 0. The Bertz CT molecular complexity index is 147. The lowest BCUT2D eigenvalue weighted by Gasteiger charge is -2.30. The summed E-state index contributed by atoms with van der Waals surface area (Å²) in [7, 11) is 0. The van der Waals surface area contributed by atoms with Crippen LogP contribution in [-0.4, -0.2) is 13.1 Å². The summed E-state index contributed by atoms with van der Waals surface area (Å²) in [5.74, 6) is 2.94. The average Bonchev–Trinajstić information content (AvgIpc) is 2.25. The summed E-state index contributed by atoms with van der Waals surface area (Å²) >= 11 is 0. The Hall–Kier alpha value is -0.0400. The van der Waals surface area contributed by atoms with Crippen LogP contribution in [0.3, 0.4) is 0 Å². The zero-order valence-electron chi connectivity index (χ0n) is 10.9. The van der Waals surface area contributed by atoms with Crippen LogP contribution < -0.4 is 5.32 Å². The van der Waals surface area contributed by atoms with Gasteiger partial charge in [0.05, 0.1) is 0 Å². The van der Waals surface area contributed by atoms with Crippen molar-refractivity contribution in [2.75, 3.05) is 13.1 Å². The van der Waals surface area contributed by atoms with E-state index in [1.807, 2.05) is 0 Å². The van der Waals surface area contributed by atoms with Crippen LogP contribution in [0.15, 0.2) is 0 Å². The SMILES string of the molecule is CCCNCCC(C)C1CCC(C)CC1. The van der Waals surface area contributed by atoms with Gasteiger partial charge in [-0.05, 0) is 56.5 Å². The number of rotatable bonds is 6. The first-order chi connectivity index (χ1) is 7.24. The average molecular weight is 211 g/mol. The highest BCUT2D eigenvalue weighted by atomic mass is 14.8. The molecule has 1 N–H and O–H groups in total. The first kappa shape index (κ1) is 13.0. The van der Waals surface area contributed by atoms with Crippen LogP contribution in [0.1, 0.15) is 59.3 Å². The topological polar surface area (TPSA) is 12.0 Å². The fourth-order valence-electron chi connectivity index (χ4n) is 2.72. The summed E-state index contributed by atoms with van der Waals surface area (Å²) in [6, 6.07) is 0. The molecule has 1 atom stereocenters. The summed E-state index contributed by atoms with van der Waals surface area (Å²) in [6.45, 7) is 9.51. The molecule has 0 aromatic carbocycles. The molecule has 1 rings (SSSR count). The van der Waals surface area contributed by atoms with Gasteiger partial charge < -0.3 is 5.32 Å². The van der Waals surface area contributed by atoms with Crippen molar-refractivity contribution in [3.63, 3.8) is 0 Å². The fraction of sp³-hybridized carbons (Fsp3) is 1.00. The Kier molecular flexibility index (Phi) is 6.31. The van der Waals surface area contributed by atoms with Gasteiger partial charge in [-0.3, -0.25) is 0 Å². The standard InChI is InChI=1S/C14H29N/c1-4-10-15-11-9-13(3)14-7-5-12(2)6-8-14/h12-15H,4-11H2,1-3H3. The van der Waals surface area contributed by atoms with Gasteiger partial charge in [0, 0.05) is 0 Å². The van der Waals surface area contributed by atoms with Crippen LogP contribution >= 0.6 is 0 Å². The van der Waals surface area contributed by atoms with E-state index in [9.17, 15) is 0 Å². The van der Waals surface area contributed by atoms with Crippen LogP contribution in [0.4, 0.5) is 0 Å². The van der Waals surface area contributed by atoms with Gasteiger partial charge in [-0.25, -0.2) is 0 Å². The summed E-state index contributed by atoms with van der Waals surface area (Å²) in [4.78, 5) is 0. The Morgan fingerprint density at radius 3 is 2.40 bits per heavy atom. The molecule has 0 aromatic heterocycles. The lowest BCUT2D eigenvalue weighted by molar-refractivity contribution is 0.214. The van der Waals surface area contributed by atoms with E-state index in [0.29, 0.717) is 0 Å². The summed E-state index contributed by atoms with van der Waals surface area (Å²) < 4.78 is 0. The monoisotopic (exact) mass is 211 g/mol. The molecule has 1 nitrogen and oxygen atoms in total. The molecule has 0 saturated heterocycles. The van der Waals surface area contributed by atoms with Crippen molar-refractivity contribution >= 4 is 0 Å². The number of hydrogen-bond donors (Lipinski definition) is 1. The van der Waals surface area contributed by atoms with E-state index in [0.717, 1.165) is 17.8 Å². The molecule has 90 valence electrons. The van der Waals surface area contributed by atoms with Gasteiger partial charge in [0.25, 0.3) is 0 Å². The van der Waals surface area contributed by atoms with E-state index < -0.39 is 0 Å². The molecule has 0 amide bonds. The maximum absolute atomic E-state index is 3.51. The molecule has 0 bridgehead atoms. The second kappa shape index (κ2) is 7.27. The third-order valence-corrected chi connectivity index (χ3v) is 4.07. The highest BCUT2D eigenvalue weighted by molar-refractivity contribution is 4.74. The zero-order chi connectivity index (χ0) is 11.1. The second-order valence-corrected chi connectivity index (χ2v) is 5.54. The van der Waals surface area contributed by atoms with Crippen LogP contribution in [0.2, 0.25) is 0 Å². The highest BCUT2D eigenvalue weighted by Gasteiger charge is 2.22. The molecule has 1 unspecified atom stereocenters. The lowest BCUT2D eigenvalue weighted by Crippen LogP contribution is -2.24. The molecule has 0 aliphatic heterocycles. The van der Waals surface area contributed by atoms with Crippen molar-refractivity contribution in [1.82, 2.24) is 5.32 Å². The van der Waals surface area contributed by atoms with Gasteiger partial charge >= 0.3 is 0 Å². The van der Waals surface area contributed by atoms with Gasteiger partial charge in [0.1, 0.15) is 0 Å². The molecular weight excluding hydrogens is 182 g/mol. The van der Waals surface area contributed by atoms with Crippen LogP contribution in [0, 0.1) is 17.8 Å². The van der Waals surface area contributed by atoms with Crippen molar-refractivity contribution in [1.29, 1.82) is 0 Å². The summed E-state index contributed by atoms with van der Waals surface area (Å²) in [6.07, 6.45) is 8.54. The fourth-order valence-corrected chi connectivity index (χ4v) is 2.72. The van der Waals surface area contributed by atoms with Crippen LogP contribution in [-0.2, 0) is 0 Å². The van der Waals surface area contributed by atoms with Crippen molar-refractivity contribution in [2.45, 2.75) is 59.3 Å². The van der Waals surface area contributed by atoms with Gasteiger partial charge in [-0.15, -0.1) is 0 Å².